The Morgan fingerprint density at radius 2 is 2.16 bits per heavy atom. The highest BCUT2D eigenvalue weighted by molar-refractivity contribution is 9.10. The van der Waals surface area contributed by atoms with Crippen molar-refractivity contribution in [1.29, 1.82) is 0 Å². The number of nitrogens with one attached hydrogen (secondary N) is 1. The first kappa shape index (κ1) is 14.2. The first-order chi connectivity index (χ1) is 9.11. The van der Waals surface area contributed by atoms with Crippen LogP contribution in [0.3, 0.4) is 0 Å². The van der Waals surface area contributed by atoms with Gasteiger partial charge in [-0.25, -0.2) is 4.39 Å². The van der Waals surface area contributed by atoms with Crippen LogP contribution in [0.4, 0.5) is 4.39 Å². The van der Waals surface area contributed by atoms with Gasteiger partial charge >= 0.3 is 0 Å². The van der Waals surface area contributed by atoms with E-state index in [1.54, 1.807) is 18.3 Å². The fourth-order valence-corrected chi connectivity index (χ4v) is 2.54. The van der Waals surface area contributed by atoms with E-state index in [0.29, 0.717) is 6.42 Å². The van der Waals surface area contributed by atoms with Crippen molar-refractivity contribution in [2.75, 3.05) is 7.05 Å². The number of pyridine rings is 1. The molecule has 2 rings (SSSR count). The van der Waals surface area contributed by atoms with Gasteiger partial charge in [0.2, 0.25) is 0 Å². The van der Waals surface area contributed by atoms with Crippen molar-refractivity contribution in [3.05, 3.63) is 63.6 Å². The van der Waals surface area contributed by atoms with Gasteiger partial charge in [-0.15, -0.1) is 0 Å². The molecule has 0 radical (unpaired) electrons. The van der Waals surface area contributed by atoms with E-state index in [9.17, 15) is 4.39 Å². The molecule has 1 atom stereocenters. The topological polar surface area (TPSA) is 24.9 Å². The maximum Gasteiger partial charge on any atom is 0.123 e. The fourth-order valence-electron chi connectivity index (χ4n) is 2.13. The SMILES string of the molecule is CNC(Cc1cc(F)ccc1Br)c1cnccc1C. The average Bonchev–Trinajstić information content (AvgIpc) is 2.41. The predicted molar refractivity (Wildman–Crippen MR) is 78.6 cm³/mol. The molecule has 2 nitrogen and oxygen atoms in total. The van der Waals surface area contributed by atoms with Crippen LogP contribution in [0.1, 0.15) is 22.7 Å². The number of halogens is 2. The standard InChI is InChI=1S/C15H16BrFN2/c1-10-5-6-19-9-13(10)15(18-2)8-11-7-12(17)3-4-14(11)16/h3-7,9,15,18H,8H2,1-2H3. The van der Waals surface area contributed by atoms with E-state index < -0.39 is 0 Å². The molecule has 0 amide bonds. The van der Waals surface area contributed by atoms with E-state index in [1.807, 2.05) is 19.3 Å². The first-order valence-electron chi connectivity index (χ1n) is 6.13. The second-order valence-electron chi connectivity index (χ2n) is 4.51. The summed E-state index contributed by atoms with van der Waals surface area (Å²) in [7, 11) is 1.91. The molecule has 2 aromatic rings. The lowest BCUT2D eigenvalue weighted by atomic mass is 9.97. The summed E-state index contributed by atoms with van der Waals surface area (Å²) in [6, 6.07) is 6.87. The third kappa shape index (κ3) is 3.39. The van der Waals surface area contributed by atoms with Gasteiger partial charge in [0.1, 0.15) is 5.82 Å². The Morgan fingerprint density at radius 1 is 1.37 bits per heavy atom. The highest BCUT2D eigenvalue weighted by Crippen LogP contribution is 2.25. The Hall–Kier alpha value is -1.26. The minimum atomic E-state index is -0.212. The summed E-state index contributed by atoms with van der Waals surface area (Å²) >= 11 is 3.47. The van der Waals surface area contributed by atoms with E-state index in [0.717, 1.165) is 15.6 Å². The summed E-state index contributed by atoms with van der Waals surface area (Å²) in [5.41, 5.74) is 3.27. The average molecular weight is 323 g/mol. The molecule has 19 heavy (non-hydrogen) atoms. The van der Waals surface area contributed by atoms with Crippen molar-refractivity contribution in [3.8, 4) is 0 Å². The lowest BCUT2D eigenvalue weighted by Crippen LogP contribution is -2.20. The van der Waals surface area contributed by atoms with Gasteiger partial charge in [0.15, 0.2) is 0 Å². The molecule has 0 aliphatic carbocycles. The van der Waals surface area contributed by atoms with Gasteiger partial charge in [-0.3, -0.25) is 4.98 Å². The van der Waals surface area contributed by atoms with Crippen LogP contribution in [0.5, 0.6) is 0 Å². The van der Waals surface area contributed by atoms with Gasteiger partial charge in [0.05, 0.1) is 0 Å². The molecule has 1 heterocycles. The van der Waals surface area contributed by atoms with Crippen molar-refractivity contribution in [2.45, 2.75) is 19.4 Å². The normalized spacial score (nSPS) is 12.4. The summed E-state index contributed by atoms with van der Waals surface area (Å²) in [6.45, 7) is 2.06. The molecule has 1 N–H and O–H groups in total. The summed E-state index contributed by atoms with van der Waals surface area (Å²) in [5, 5.41) is 3.27. The van der Waals surface area contributed by atoms with Crippen LogP contribution in [0, 0.1) is 12.7 Å². The molecule has 0 saturated heterocycles. The Kier molecular flexibility index (Phi) is 4.66. The van der Waals surface area contributed by atoms with Crippen LogP contribution < -0.4 is 5.32 Å². The van der Waals surface area contributed by atoms with Gasteiger partial charge in [0, 0.05) is 22.9 Å². The zero-order valence-corrected chi connectivity index (χ0v) is 12.5. The van der Waals surface area contributed by atoms with Crippen molar-refractivity contribution < 1.29 is 4.39 Å². The monoisotopic (exact) mass is 322 g/mol. The maximum absolute atomic E-state index is 13.3. The molecule has 0 spiro atoms. The fraction of sp³-hybridized carbons (Fsp3) is 0.267. The molecule has 0 aliphatic rings. The minimum Gasteiger partial charge on any atom is -0.313 e. The van der Waals surface area contributed by atoms with Crippen LogP contribution in [-0.2, 0) is 6.42 Å². The molecule has 0 saturated carbocycles. The number of nitrogens with zero attached hydrogens (tertiary/aromatic N) is 1. The van der Waals surface area contributed by atoms with Gasteiger partial charge in [0.25, 0.3) is 0 Å². The number of rotatable bonds is 4. The number of hydrogen-bond acceptors (Lipinski definition) is 2. The molecule has 100 valence electrons. The zero-order valence-electron chi connectivity index (χ0n) is 11.0. The highest BCUT2D eigenvalue weighted by Gasteiger charge is 2.14. The van der Waals surface area contributed by atoms with Gasteiger partial charge in [-0.05, 0) is 61.3 Å². The lowest BCUT2D eigenvalue weighted by molar-refractivity contribution is 0.578. The van der Waals surface area contributed by atoms with Crippen molar-refractivity contribution in [1.82, 2.24) is 10.3 Å². The maximum atomic E-state index is 13.3. The van der Waals surface area contributed by atoms with Gasteiger partial charge < -0.3 is 5.32 Å². The number of aromatic nitrogens is 1. The van der Waals surface area contributed by atoms with Crippen molar-refractivity contribution >= 4 is 15.9 Å². The molecular formula is C15H16BrFN2. The third-order valence-electron chi connectivity index (χ3n) is 3.24. The molecule has 4 heteroatoms. The van der Waals surface area contributed by atoms with Crippen molar-refractivity contribution in [3.63, 3.8) is 0 Å². The summed E-state index contributed by atoms with van der Waals surface area (Å²) in [5.74, 6) is -0.212. The third-order valence-corrected chi connectivity index (χ3v) is 4.01. The van der Waals surface area contributed by atoms with E-state index in [2.05, 4.69) is 33.2 Å². The van der Waals surface area contributed by atoms with Crippen LogP contribution in [0.15, 0.2) is 41.1 Å². The Balaban J connectivity index is 2.29. The van der Waals surface area contributed by atoms with E-state index >= 15 is 0 Å². The zero-order chi connectivity index (χ0) is 13.8. The molecule has 1 aromatic carbocycles. The Bertz CT molecular complexity index is 572. The van der Waals surface area contributed by atoms with Crippen LogP contribution in [-0.4, -0.2) is 12.0 Å². The quantitative estimate of drug-likeness (QED) is 0.926. The summed E-state index contributed by atoms with van der Waals surface area (Å²) in [6.07, 6.45) is 4.36. The number of likely N-dealkylation sites (N-methyl/N-ethyl adjacent to an activating group) is 1. The highest BCUT2D eigenvalue weighted by atomic mass is 79.9. The van der Waals surface area contributed by atoms with Crippen molar-refractivity contribution in [2.24, 2.45) is 0 Å². The second-order valence-corrected chi connectivity index (χ2v) is 5.37. The molecule has 0 bridgehead atoms. The second kappa shape index (κ2) is 6.26. The summed E-state index contributed by atoms with van der Waals surface area (Å²) < 4.78 is 14.3. The number of benzene rings is 1. The Labute approximate surface area is 121 Å². The van der Waals surface area contributed by atoms with Crippen LogP contribution >= 0.6 is 15.9 Å². The van der Waals surface area contributed by atoms with E-state index in [1.165, 1.54) is 11.6 Å². The molecule has 1 unspecified atom stereocenters. The lowest BCUT2D eigenvalue weighted by Gasteiger charge is -2.19. The molecule has 0 aliphatic heterocycles. The first-order valence-corrected chi connectivity index (χ1v) is 6.93. The Morgan fingerprint density at radius 3 is 2.84 bits per heavy atom. The summed E-state index contributed by atoms with van der Waals surface area (Å²) in [4.78, 5) is 4.17. The van der Waals surface area contributed by atoms with E-state index in [-0.39, 0.29) is 11.9 Å². The van der Waals surface area contributed by atoms with Gasteiger partial charge in [-0.1, -0.05) is 15.9 Å². The molecule has 1 aromatic heterocycles. The van der Waals surface area contributed by atoms with Crippen LogP contribution in [0.2, 0.25) is 0 Å². The molecular weight excluding hydrogens is 307 g/mol. The van der Waals surface area contributed by atoms with E-state index in [4.69, 9.17) is 0 Å². The molecule has 0 fully saturated rings. The number of aryl methyl sites for hydroxylation is 1. The largest absolute Gasteiger partial charge is 0.313 e. The van der Waals surface area contributed by atoms with Crippen LogP contribution in [0.25, 0.3) is 0 Å². The number of hydrogen-bond donors (Lipinski definition) is 1. The minimum absolute atomic E-state index is 0.117. The smallest absolute Gasteiger partial charge is 0.123 e. The predicted octanol–water partition coefficient (Wildman–Crippen LogP) is 3.79. The van der Waals surface area contributed by atoms with Gasteiger partial charge in [-0.2, -0.15) is 0 Å².